The van der Waals surface area contributed by atoms with E-state index >= 15 is 0 Å². The minimum atomic E-state index is -0.327. The summed E-state index contributed by atoms with van der Waals surface area (Å²) in [6, 6.07) is -0.0809. The van der Waals surface area contributed by atoms with Gasteiger partial charge in [0.05, 0.1) is 0 Å². The Kier molecular flexibility index (Phi) is 3.88. The number of hydrogen-bond acceptors (Lipinski definition) is 3. The smallest absolute Gasteiger partial charge is 0.242 e. The Morgan fingerprint density at radius 2 is 2.43 bits per heavy atom. The Morgan fingerprint density at radius 3 is 2.93 bits per heavy atom. The van der Waals surface area contributed by atoms with Gasteiger partial charge in [0.2, 0.25) is 11.8 Å². The van der Waals surface area contributed by atoms with Crippen LogP contribution in [0.15, 0.2) is 0 Å². The Bertz CT molecular complexity index is 230. The van der Waals surface area contributed by atoms with Crippen molar-refractivity contribution in [3.05, 3.63) is 0 Å². The molecule has 5 nitrogen and oxygen atoms in total. The van der Waals surface area contributed by atoms with Crippen LogP contribution < -0.4 is 16.0 Å². The summed E-state index contributed by atoms with van der Waals surface area (Å²) in [7, 11) is 1.84. The van der Waals surface area contributed by atoms with Gasteiger partial charge in [-0.2, -0.15) is 0 Å². The molecule has 0 aromatic carbocycles. The normalized spacial score (nSPS) is 23.0. The van der Waals surface area contributed by atoms with Gasteiger partial charge in [-0.1, -0.05) is 0 Å². The minimum Gasteiger partial charge on any atom is -0.353 e. The number of likely N-dealkylation sites (N-methyl/N-ethyl adjacent to an activating group) is 1. The summed E-state index contributed by atoms with van der Waals surface area (Å²) in [5.41, 5.74) is 0. The first-order valence-corrected chi connectivity index (χ1v) is 4.88. The molecule has 1 rings (SSSR count). The highest BCUT2D eigenvalue weighted by atomic mass is 16.2. The molecule has 0 spiro atoms. The molecular weight excluding hydrogens is 182 g/mol. The Hall–Kier alpha value is -1.10. The van der Waals surface area contributed by atoms with Crippen molar-refractivity contribution in [2.45, 2.75) is 31.8 Å². The number of carbonyl (C=O) groups is 2. The van der Waals surface area contributed by atoms with Gasteiger partial charge in [0, 0.05) is 19.0 Å². The molecule has 0 aromatic rings. The van der Waals surface area contributed by atoms with Gasteiger partial charge in [0.1, 0.15) is 6.04 Å². The summed E-state index contributed by atoms with van der Waals surface area (Å²) < 4.78 is 0. The second-order valence-electron chi connectivity index (χ2n) is 3.59. The van der Waals surface area contributed by atoms with E-state index < -0.39 is 0 Å². The van der Waals surface area contributed by atoms with Crippen molar-refractivity contribution >= 4 is 11.8 Å². The van der Waals surface area contributed by atoms with Crippen LogP contribution >= 0.6 is 0 Å². The van der Waals surface area contributed by atoms with Gasteiger partial charge in [-0.15, -0.1) is 0 Å². The average Bonchev–Trinajstić information content (AvgIpc) is 2.60. The minimum absolute atomic E-state index is 0.0354. The number of hydrogen-bond donors (Lipinski definition) is 3. The van der Waals surface area contributed by atoms with Crippen LogP contribution in [0.1, 0.15) is 19.8 Å². The first-order valence-electron chi connectivity index (χ1n) is 4.88. The molecule has 0 radical (unpaired) electrons. The van der Waals surface area contributed by atoms with Crippen molar-refractivity contribution in [2.24, 2.45) is 0 Å². The Labute approximate surface area is 83.6 Å². The summed E-state index contributed by atoms with van der Waals surface area (Å²) in [6.07, 6.45) is 1.07. The van der Waals surface area contributed by atoms with E-state index in [1.165, 1.54) is 0 Å². The number of amides is 2. The molecule has 5 heteroatoms. The molecule has 1 aliphatic rings. The van der Waals surface area contributed by atoms with Crippen LogP contribution in [0.25, 0.3) is 0 Å². The summed E-state index contributed by atoms with van der Waals surface area (Å²) >= 11 is 0. The van der Waals surface area contributed by atoms with Crippen molar-refractivity contribution < 1.29 is 9.59 Å². The highest BCUT2D eigenvalue weighted by Gasteiger charge is 2.26. The van der Waals surface area contributed by atoms with Crippen molar-refractivity contribution in [3.8, 4) is 0 Å². The number of rotatable bonds is 4. The zero-order valence-corrected chi connectivity index (χ0v) is 8.59. The molecule has 80 valence electrons. The lowest BCUT2D eigenvalue weighted by atomic mass is 10.2. The zero-order chi connectivity index (χ0) is 10.6. The number of carbonyl (C=O) groups excluding carboxylic acids is 2. The molecule has 1 fully saturated rings. The maximum atomic E-state index is 11.5. The van der Waals surface area contributed by atoms with Crippen LogP contribution in [-0.4, -0.2) is 37.5 Å². The van der Waals surface area contributed by atoms with E-state index in [0.29, 0.717) is 19.4 Å². The third-order valence-electron chi connectivity index (χ3n) is 2.39. The molecule has 3 N–H and O–H groups in total. The van der Waals surface area contributed by atoms with Crippen LogP contribution in [0.2, 0.25) is 0 Å². The van der Waals surface area contributed by atoms with Gasteiger partial charge < -0.3 is 16.0 Å². The second kappa shape index (κ2) is 4.95. The first kappa shape index (κ1) is 11.0. The summed E-state index contributed by atoms with van der Waals surface area (Å²) in [6.45, 7) is 2.56. The van der Waals surface area contributed by atoms with Crippen molar-refractivity contribution in [1.82, 2.24) is 16.0 Å². The summed E-state index contributed by atoms with van der Waals surface area (Å²) in [4.78, 5) is 22.3. The maximum Gasteiger partial charge on any atom is 0.242 e. The van der Waals surface area contributed by atoms with Crippen LogP contribution in [0.4, 0.5) is 0 Å². The molecule has 0 saturated carbocycles. The lowest BCUT2D eigenvalue weighted by Crippen LogP contribution is -2.45. The fraction of sp³-hybridized carbons (Fsp3) is 0.778. The van der Waals surface area contributed by atoms with E-state index in [0.717, 1.165) is 0 Å². The van der Waals surface area contributed by atoms with Crippen LogP contribution in [-0.2, 0) is 9.59 Å². The zero-order valence-electron chi connectivity index (χ0n) is 8.59. The fourth-order valence-corrected chi connectivity index (χ4v) is 1.29. The van der Waals surface area contributed by atoms with Crippen LogP contribution in [0, 0.1) is 0 Å². The lowest BCUT2D eigenvalue weighted by molar-refractivity contribution is -0.125. The molecule has 2 atom stereocenters. The van der Waals surface area contributed by atoms with E-state index in [-0.39, 0.29) is 23.9 Å². The molecule has 1 saturated heterocycles. The molecule has 0 aliphatic carbocycles. The van der Waals surface area contributed by atoms with Gasteiger partial charge in [-0.25, -0.2) is 0 Å². The monoisotopic (exact) mass is 199 g/mol. The standard InChI is InChI=1S/C9H17N3O2/c1-6(10-2)5-11-9(14)7-3-4-8(13)12-7/h6-7,10H,3-5H2,1-2H3,(H,11,14)(H,12,13). The van der Waals surface area contributed by atoms with Gasteiger partial charge in [0.15, 0.2) is 0 Å². The molecule has 2 amide bonds. The van der Waals surface area contributed by atoms with E-state index in [2.05, 4.69) is 16.0 Å². The summed E-state index contributed by atoms with van der Waals surface area (Å²) in [5.74, 6) is -0.121. The predicted molar refractivity (Wildman–Crippen MR) is 52.7 cm³/mol. The predicted octanol–water partition coefficient (Wildman–Crippen LogP) is -1.01. The SMILES string of the molecule is CNC(C)CNC(=O)C1CCC(=O)N1. The number of nitrogens with one attached hydrogen (secondary N) is 3. The van der Waals surface area contributed by atoms with Gasteiger partial charge >= 0.3 is 0 Å². The fourth-order valence-electron chi connectivity index (χ4n) is 1.29. The largest absolute Gasteiger partial charge is 0.353 e. The van der Waals surface area contributed by atoms with Crippen molar-refractivity contribution in [1.29, 1.82) is 0 Å². The third kappa shape index (κ3) is 2.99. The molecule has 2 unspecified atom stereocenters. The van der Waals surface area contributed by atoms with E-state index in [4.69, 9.17) is 0 Å². The van der Waals surface area contributed by atoms with E-state index in [9.17, 15) is 9.59 Å². The van der Waals surface area contributed by atoms with E-state index in [1.807, 2.05) is 14.0 Å². The molecule has 0 bridgehead atoms. The van der Waals surface area contributed by atoms with Crippen LogP contribution in [0.3, 0.4) is 0 Å². The Balaban J connectivity index is 2.25. The summed E-state index contributed by atoms with van der Waals surface area (Å²) in [5, 5.41) is 8.42. The van der Waals surface area contributed by atoms with Crippen LogP contribution in [0.5, 0.6) is 0 Å². The Morgan fingerprint density at radius 1 is 1.71 bits per heavy atom. The maximum absolute atomic E-state index is 11.5. The van der Waals surface area contributed by atoms with Crippen molar-refractivity contribution in [3.63, 3.8) is 0 Å². The quantitative estimate of drug-likeness (QED) is 0.543. The lowest BCUT2D eigenvalue weighted by Gasteiger charge is -2.14. The molecule has 1 aliphatic heterocycles. The molecular formula is C9H17N3O2. The highest BCUT2D eigenvalue weighted by Crippen LogP contribution is 2.05. The third-order valence-corrected chi connectivity index (χ3v) is 2.39. The van der Waals surface area contributed by atoms with Gasteiger partial charge in [0.25, 0.3) is 0 Å². The van der Waals surface area contributed by atoms with Gasteiger partial charge in [-0.05, 0) is 20.4 Å². The van der Waals surface area contributed by atoms with Gasteiger partial charge in [-0.3, -0.25) is 9.59 Å². The second-order valence-corrected chi connectivity index (χ2v) is 3.59. The highest BCUT2D eigenvalue weighted by molar-refractivity contribution is 5.90. The molecule has 14 heavy (non-hydrogen) atoms. The molecule has 1 heterocycles. The molecule has 0 aromatic heterocycles. The topological polar surface area (TPSA) is 70.2 Å². The van der Waals surface area contributed by atoms with E-state index in [1.54, 1.807) is 0 Å². The average molecular weight is 199 g/mol. The first-order chi connectivity index (χ1) is 6.63. The van der Waals surface area contributed by atoms with Crippen molar-refractivity contribution in [2.75, 3.05) is 13.6 Å².